The number of aryl methyl sites for hydroxylation is 1. The summed E-state index contributed by atoms with van der Waals surface area (Å²) in [6.45, 7) is 1.60. The minimum atomic E-state index is -0.459. The Bertz CT molecular complexity index is 1110. The van der Waals surface area contributed by atoms with Crippen molar-refractivity contribution in [3.05, 3.63) is 98.1 Å². The standard InChI is InChI=1S/C21H15N5O2/c1-14-21(26(27)28)19(10-15-2-6-17(12-22)7-3-15)25-20(24-14)11-16-4-8-18(13-23)9-5-16/h2-9H,10-11H2,1H3. The Labute approximate surface area is 161 Å². The lowest BCUT2D eigenvalue weighted by Gasteiger charge is -2.08. The smallest absolute Gasteiger partial charge is 0.258 e. The van der Waals surface area contributed by atoms with Crippen LogP contribution in [0.5, 0.6) is 0 Å². The Morgan fingerprint density at radius 1 is 0.893 bits per heavy atom. The van der Waals surface area contributed by atoms with Crippen LogP contribution in [0.4, 0.5) is 5.69 Å². The molecule has 0 saturated carbocycles. The van der Waals surface area contributed by atoms with Crippen LogP contribution in [0.15, 0.2) is 48.5 Å². The third-order valence-electron chi connectivity index (χ3n) is 4.26. The van der Waals surface area contributed by atoms with E-state index in [1.54, 1.807) is 43.3 Å². The zero-order valence-electron chi connectivity index (χ0n) is 15.1. The average Bonchev–Trinajstić information content (AvgIpc) is 2.68. The molecular formula is C21H15N5O2. The fourth-order valence-corrected chi connectivity index (χ4v) is 2.90. The van der Waals surface area contributed by atoms with Gasteiger partial charge in [0.2, 0.25) is 0 Å². The summed E-state index contributed by atoms with van der Waals surface area (Å²) in [6, 6.07) is 18.1. The second-order valence-electron chi connectivity index (χ2n) is 6.25. The van der Waals surface area contributed by atoms with Gasteiger partial charge in [0.1, 0.15) is 17.2 Å². The normalized spacial score (nSPS) is 10.1. The molecular weight excluding hydrogens is 354 g/mol. The maximum atomic E-state index is 11.5. The van der Waals surface area contributed by atoms with Crippen LogP contribution in [0, 0.1) is 39.7 Å². The fraction of sp³-hybridized carbons (Fsp3) is 0.143. The summed E-state index contributed by atoms with van der Waals surface area (Å²) in [4.78, 5) is 19.8. The van der Waals surface area contributed by atoms with E-state index >= 15 is 0 Å². The lowest BCUT2D eigenvalue weighted by molar-refractivity contribution is -0.386. The second-order valence-corrected chi connectivity index (χ2v) is 6.25. The highest BCUT2D eigenvalue weighted by atomic mass is 16.6. The first kappa shape index (κ1) is 18.7. The first-order valence-electron chi connectivity index (χ1n) is 8.49. The van der Waals surface area contributed by atoms with Crippen molar-refractivity contribution in [2.24, 2.45) is 0 Å². The van der Waals surface area contributed by atoms with Crippen molar-refractivity contribution >= 4 is 5.69 Å². The van der Waals surface area contributed by atoms with Gasteiger partial charge in [-0.15, -0.1) is 0 Å². The average molecular weight is 369 g/mol. The number of nitro groups is 1. The summed E-state index contributed by atoms with van der Waals surface area (Å²) in [7, 11) is 0. The highest BCUT2D eigenvalue weighted by Crippen LogP contribution is 2.24. The zero-order chi connectivity index (χ0) is 20.1. The van der Waals surface area contributed by atoms with Gasteiger partial charge in [-0.1, -0.05) is 24.3 Å². The van der Waals surface area contributed by atoms with Crippen LogP contribution in [0.3, 0.4) is 0 Å². The van der Waals surface area contributed by atoms with Crippen LogP contribution in [-0.2, 0) is 12.8 Å². The molecule has 1 heterocycles. The van der Waals surface area contributed by atoms with Crippen molar-refractivity contribution in [3.63, 3.8) is 0 Å². The van der Waals surface area contributed by atoms with E-state index in [-0.39, 0.29) is 12.1 Å². The molecule has 0 saturated heterocycles. The van der Waals surface area contributed by atoms with Gasteiger partial charge in [-0.2, -0.15) is 10.5 Å². The van der Waals surface area contributed by atoms with E-state index in [1.165, 1.54) is 0 Å². The van der Waals surface area contributed by atoms with Gasteiger partial charge >= 0.3 is 5.69 Å². The third kappa shape index (κ3) is 4.17. The first-order chi connectivity index (χ1) is 13.5. The first-order valence-corrected chi connectivity index (χ1v) is 8.49. The van der Waals surface area contributed by atoms with E-state index in [0.29, 0.717) is 34.8 Å². The van der Waals surface area contributed by atoms with E-state index in [1.807, 2.05) is 18.2 Å². The highest BCUT2D eigenvalue weighted by molar-refractivity contribution is 5.44. The van der Waals surface area contributed by atoms with E-state index < -0.39 is 4.92 Å². The van der Waals surface area contributed by atoms with Crippen LogP contribution < -0.4 is 0 Å². The Hall–Kier alpha value is -4.10. The summed E-state index contributed by atoms with van der Waals surface area (Å²) in [6.07, 6.45) is 0.677. The Balaban J connectivity index is 1.95. The quantitative estimate of drug-likeness (QED) is 0.501. The van der Waals surface area contributed by atoms with E-state index in [9.17, 15) is 10.1 Å². The molecule has 0 radical (unpaired) electrons. The largest absolute Gasteiger partial charge is 0.312 e. The molecule has 0 aliphatic carbocycles. The van der Waals surface area contributed by atoms with Crippen molar-refractivity contribution in [2.75, 3.05) is 0 Å². The van der Waals surface area contributed by atoms with Gasteiger partial charge in [0.15, 0.2) is 0 Å². The van der Waals surface area contributed by atoms with Gasteiger partial charge in [0, 0.05) is 12.8 Å². The van der Waals surface area contributed by atoms with Crippen molar-refractivity contribution in [1.82, 2.24) is 9.97 Å². The lowest BCUT2D eigenvalue weighted by atomic mass is 10.1. The predicted molar refractivity (Wildman–Crippen MR) is 101 cm³/mol. The van der Waals surface area contributed by atoms with Crippen molar-refractivity contribution in [2.45, 2.75) is 19.8 Å². The number of nitrogens with zero attached hydrogens (tertiary/aromatic N) is 5. The molecule has 7 heteroatoms. The van der Waals surface area contributed by atoms with E-state index in [0.717, 1.165) is 11.1 Å². The molecule has 0 amide bonds. The van der Waals surface area contributed by atoms with Crippen molar-refractivity contribution in [1.29, 1.82) is 10.5 Å². The number of hydrogen-bond donors (Lipinski definition) is 0. The summed E-state index contributed by atoms with van der Waals surface area (Å²) in [5.41, 5.74) is 3.39. The molecule has 0 unspecified atom stereocenters. The van der Waals surface area contributed by atoms with E-state index in [4.69, 9.17) is 10.5 Å². The van der Waals surface area contributed by atoms with Crippen LogP contribution >= 0.6 is 0 Å². The van der Waals surface area contributed by atoms with Crippen molar-refractivity contribution in [3.8, 4) is 12.1 Å². The molecule has 0 bridgehead atoms. The maximum absolute atomic E-state index is 11.5. The number of rotatable bonds is 5. The number of hydrogen-bond acceptors (Lipinski definition) is 6. The summed E-state index contributed by atoms with van der Waals surface area (Å²) < 4.78 is 0. The van der Waals surface area contributed by atoms with Crippen LogP contribution in [0.1, 0.15) is 39.5 Å². The predicted octanol–water partition coefficient (Wildman–Crippen LogP) is 3.62. The monoisotopic (exact) mass is 369 g/mol. The summed E-state index contributed by atoms with van der Waals surface area (Å²) in [5.74, 6) is 0.483. The molecule has 0 fully saturated rings. The van der Waals surface area contributed by atoms with Crippen LogP contribution in [0.2, 0.25) is 0 Å². The van der Waals surface area contributed by atoms with Gasteiger partial charge in [-0.3, -0.25) is 10.1 Å². The summed E-state index contributed by atoms with van der Waals surface area (Å²) in [5, 5.41) is 29.3. The molecule has 1 aromatic heterocycles. The maximum Gasteiger partial charge on any atom is 0.312 e. The molecule has 28 heavy (non-hydrogen) atoms. The molecule has 3 aromatic rings. The Kier molecular flexibility index (Phi) is 5.38. The molecule has 136 valence electrons. The van der Waals surface area contributed by atoms with Gasteiger partial charge in [-0.25, -0.2) is 9.97 Å². The molecule has 0 aliphatic rings. The highest BCUT2D eigenvalue weighted by Gasteiger charge is 2.22. The van der Waals surface area contributed by atoms with Gasteiger partial charge in [0.05, 0.1) is 28.2 Å². The second kappa shape index (κ2) is 8.07. The molecule has 0 spiro atoms. The Morgan fingerprint density at radius 2 is 1.39 bits per heavy atom. The molecule has 0 N–H and O–H groups in total. The van der Waals surface area contributed by atoms with Gasteiger partial charge in [-0.05, 0) is 42.3 Å². The molecule has 3 rings (SSSR count). The molecule has 7 nitrogen and oxygen atoms in total. The number of aromatic nitrogens is 2. The molecule has 0 aliphatic heterocycles. The number of benzene rings is 2. The minimum absolute atomic E-state index is 0.0899. The number of nitriles is 2. The van der Waals surface area contributed by atoms with Crippen molar-refractivity contribution < 1.29 is 4.92 Å². The van der Waals surface area contributed by atoms with Gasteiger partial charge in [0.25, 0.3) is 0 Å². The minimum Gasteiger partial charge on any atom is -0.258 e. The SMILES string of the molecule is Cc1nc(Cc2ccc(C#N)cc2)nc(Cc2ccc(C#N)cc2)c1[N+](=O)[O-]. The van der Waals surface area contributed by atoms with Crippen LogP contribution in [-0.4, -0.2) is 14.9 Å². The molecule has 0 atom stereocenters. The topological polar surface area (TPSA) is 116 Å². The Morgan fingerprint density at radius 3 is 1.86 bits per heavy atom. The van der Waals surface area contributed by atoms with Gasteiger partial charge < -0.3 is 0 Å². The summed E-state index contributed by atoms with van der Waals surface area (Å²) >= 11 is 0. The third-order valence-corrected chi connectivity index (χ3v) is 4.26. The molecule has 2 aromatic carbocycles. The fourth-order valence-electron chi connectivity index (χ4n) is 2.90. The van der Waals surface area contributed by atoms with E-state index in [2.05, 4.69) is 16.0 Å². The van der Waals surface area contributed by atoms with Crippen LogP contribution in [0.25, 0.3) is 0 Å². The zero-order valence-corrected chi connectivity index (χ0v) is 15.1. The lowest BCUT2D eigenvalue weighted by Crippen LogP contribution is -2.09.